The fourth-order valence-corrected chi connectivity index (χ4v) is 2.73. The van der Waals surface area contributed by atoms with Crippen molar-refractivity contribution in [3.8, 4) is 11.4 Å². The van der Waals surface area contributed by atoms with Crippen molar-refractivity contribution in [3.05, 3.63) is 40.0 Å². The van der Waals surface area contributed by atoms with E-state index in [-0.39, 0.29) is 0 Å². The highest BCUT2D eigenvalue weighted by Gasteiger charge is 2.09. The quantitative estimate of drug-likeness (QED) is 0.774. The molecule has 0 spiro atoms. The third-order valence-corrected chi connectivity index (χ3v) is 3.70. The van der Waals surface area contributed by atoms with Crippen LogP contribution in [0.1, 0.15) is 6.92 Å². The number of thiophene rings is 1. The summed E-state index contributed by atoms with van der Waals surface area (Å²) in [7, 11) is 0. The van der Waals surface area contributed by atoms with Crippen LogP contribution in [0.25, 0.3) is 22.3 Å². The first-order chi connectivity index (χ1) is 9.28. The number of halogens is 1. The van der Waals surface area contributed by atoms with Gasteiger partial charge in [-0.25, -0.2) is 9.97 Å². The lowest BCUT2D eigenvalue weighted by atomic mass is 10.2. The predicted molar refractivity (Wildman–Crippen MR) is 82.0 cm³/mol. The van der Waals surface area contributed by atoms with Crippen molar-refractivity contribution in [2.24, 2.45) is 0 Å². The van der Waals surface area contributed by atoms with E-state index in [4.69, 9.17) is 11.6 Å². The van der Waals surface area contributed by atoms with Crippen molar-refractivity contribution < 1.29 is 0 Å². The summed E-state index contributed by atoms with van der Waals surface area (Å²) >= 11 is 7.69. The molecule has 0 atom stereocenters. The molecule has 1 N–H and O–H groups in total. The Morgan fingerprint density at radius 2 is 2.16 bits per heavy atom. The van der Waals surface area contributed by atoms with Gasteiger partial charge in [0.2, 0.25) is 0 Å². The lowest BCUT2D eigenvalue weighted by molar-refractivity contribution is 1.15. The van der Waals surface area contributed by atoms with Gasteiger partial charge in [-0.3, -0.25) is 0 Å². The molecule has 5 heteroatoms. The second-order valence-corrected chi connectivity index (χ2v) is 5.32. The number of hydrogen-bond donors (Lipinski definition) is 1. The van der Waals surface area contributed by atoms with E-state index in [0.717, 1.165) is 34.7 Å². The zero-order valence-electron chi connectivity index (χ0n) is 10.4. The molecule has 3 nitrogen and oxygen atoms in total. The molecule has 3 aromatic rings. The Bertz CT molecular complexity index is 710. The lowest BCUT2D eigenvalue weighted by Crippen LogP contribution is -2.02. The number of rotatable bonds is 3. The first kappa shape index (κ1) is 12.4. The van der Waals surface area contributed by atoms with E-state index in [1.807, 2.05) is 41.9 Å². The molecule has 0 saturated carbocycles. The molecule has 96 valence electrons. The van der Waals surface area contributed by atoms with E-state index in [0.29, 0.717) is 5.02 Å². The number of benzene rings is 1. The third-order valence-electron chi connectivity index (χ3n) is 2.78. The normalized spacial score (nSPS) is 10.8. The largest absolute Gasteiger partial charge is 0.370 e. The van der Waals surface area contributed by atoms with Crippen LogP contribution < -0.4 is 5.32 Å². The zero-order valence-corrected chi connectivity index (χ0v) is 11.9. The number of nitrogens with one attached hydrogen (secondary N) is 1. The average molecular weight is 290 g/mol. The Kier molecular flexibility index (Phi) is 3.36. The van der Waals surface area contributed by atoms with Crippen LogP contribution in [0.15, 0.2) is 35.0 Å². The summed E-state index contributed by atoms with van der Waals surface area (Å²) in [5.41, 5.74) is 1.94. The lowest BCUT2D eigenvalue weighted by Gasteiger charge is -2.09. The first-order valence-corrected chi connectivity index (χ1v) is 7.33. The Morgan fingerprint density at radius 3 is 2.89 bits per heavy atom. The molecular formula is C14H12ClN3S. The van der Waals surface area contributed by atoms with E-state index in [2.05, 4.69) is 15.3 Å². The van der Waals surface area contributed by atoms with Crippen LogP contribution in [-0.4, -0.2) is 16.5 Å². The minimum absolute atomic E-state index is 0.693. The maximum Gasteiger partial charge on any atom is 0.162 e. The SMILES string of the molecule is CCNc1nc(-c2ccsc2)nc2ccc(Cl)cc12. The number of hydrogen-bond acceptors (Lipinski definition) is 4. The van der Waals surface area contributed by atoms with Crippen LogP contribution in [0, 0.1) is 0 Å². The Balaban J connectivity index is 2.24. The summed E-state index contributed by atoms with van der Waals surface area (Å²) < 4.78 is 0. The highest BCUT2D eigenvalue weighted by molar-refractivity contribution is 7.08. The highest BCUT2D eigenvalue weighted by atomic mass is 35.5. The standard InChI is InChI=1S/C14H12ClN3S/c1-2-16-14-11-7-10(15)3-4-12(11)17-13(18-14)9-5-6-19-8-9/h3-8H,2H2,1H3,(H,16,17,18). The fourth-order valence-electron chi connectivity index (χ4n) is 1.92. The Labute approximate surface area is 120 Å². The first-order valence-electron chi connectivity index (χ1n) is 6.01. The summed E-state index contributed by atoms with van der Waals surface area (Å²) in [6.45, 7) is 2.85. The van der Waals surface area contributed by atoms with Crippen LogP contribution in [0.3, 0.4) is 0 Å². The molecule has 0 unspecified atom stereocenters. The van der Waals surface area contributed by atoms with E-state index in [9.17, 15) is 0 Å². The van der Waals surface area contributed by atoms with Gasteiger partial charge < -0.3 is 5.32 Å². The molecule has 0 aliphatic rings. The van der Waals surface area contributed by atoms with E-state index < -0.39 is 0 Å². The van der Waals surface area contributed by atoms with Crippen molar-refractivity contribution in [2.45, 2.75) is 6.92 Å². The van der Waals surface area contributed by atoms with Crippen molar-refractivity contribution in [2.75, 3.05) is 11.9 Å². The topological polar surface area (TPSA) is 37.8 Å². The Morgan fingerprint density at radius 1 is 1.26 bits per heavy atom. The molecule has 0 radical (unpaired) electrons. The van der Waals surface area contributed by atoms with Gasteiger partial charge in [0.1, 0.15) is 5.82 Å². The molecule has 0 saturated heterocycles. The summed E-state index contributed by atoms with van der Waals surface area (Å²) in [6.07, 6.45) is 0. The molecule has 1 aromatic carbocycles. The van der Waals surface area contributed by atoms with Crippen LogP contribution in [0.4, 0.5) is 5.82 Å². The van der Waals surface area contributed by atoms with Crippen LogP contribution >= 0.6 is 22.9 Å². The fraction of sp³-hybridized carbons (Fsp3) is 0.143. The monoisotopic (exact) mass is 289 g/mol. The number of anilines is 1. The third kappa shape index (κ3) is 2.41. The minimum atomic E-state index is 0.693. The van der Waals surface area contributed by atoms with Gasteiger partial charge in [-0.1, -0.05) is 11.6 Å². The molecule has 0 amide bonds. The van der Waals surface area contributed by atoms with E-state index in [1.54, 1.807) is 11.3 Å². The van der Waals surface area contributed by atoms with Gasteiger partial charge in [-0.05, 0) is 36.6 Å². The van der Waals surface area contributed by atoms with Gasteiger partial charge in [0, 0.05) is 27.9 Å². The molecule has 2 heterocycles. The van der Waals surface area contributed by atoms with Crippen molar-refractivity contribution in [1.82, 2.24) is 9.97 Å². The van der Waals surface area contributed by atoms with Crippen molar-refractivity contribution >= 4 is 39.7 Å². The van der Waals surface area contributed by atoms with Gasteiger partial charge in [-0.2, -0.15) is 11.3 Å². The molecule has 2 aromatic heterocycles. The molecule has 3 rings (SSSR count). The molecule has 0 aliphatic carbocycles. The van der Waals surface area contributed by atoms with E-state index in [1.165, 1.54) is 0 Å². The summed E-state index contributed by atoms with van der Waals surface area (Å²) in [6, 6.07) is 7.70. The second kappa shape index (κ2) is 5.15. The molecule has 0 aliphatic heterocycles. The number of nitrogens with zero attached hydrogens (tertiary/aromatic N) is 2. The van der Waals surface area contributed by atoms with Crippen LogP contribution in [-0.2, 0) is 0 Å². The van der Waals surface area contributed by atoms with Gasteiger partial charge in [0.05, 0.1) is 5.52 Å². The Hall–Kier alpha value is -1.65. The maximum atomic E-state index is 6.05. The minimum Gasteiger partial charge on any atom is -0.370 e. The maximum absolute atomic E-state index is 6.05. The van der Waals surface area contributed by atoms with E-state index >= 15 is 0 Å². The van der Waals surface area contributed by atoms with Crippen molar-refractivity contribution in [3.63, 3.8) is 0 Å². The van der Waals surface area contributed by atoms with Crippen molar-refractivity contribution in [1.29, 1.82) is 0 Å². The van der Waals surface area contributed by atoms with Gasteiger partial charge in [0.15, 0.2) is 5.82 Å². The van der Waals surface area contributed by atoms with Crippen LogP contribution in [0.2, 0.25) is 5.02 Å². The predicted octanol–water partition coefficient (Wildman–Crippen LogP) is 4.44. The van der Waals surface area contributed by atoms with Gasteiger partial charge in [-0.15, -0.1) is 0 Å². The van der Waals surface area contributed by atoms with Gasteiger partial charge >= 0.3 is 0 Å². The molecule has 0 fully saturated rings. The molecule has 19 heavy (non-hydrogen) atoms. The van der Waals surface area contributed by atoms with Gasteiger partial charge in [0.25, 0.3) is 0 Å². The molecular weight excluding hydrogens is 278 g/mol. The summed E-state index contributed by atoms with van der Waals surface area (Å²) in [5.74, 6) is 1.57. The number of fused-ring (bicyclic) bond motifs is 1. The number of aromatic nitrogens is 2. The summed E-state index contributed by atoms with van der Waals surface area (Å²) in [4.78, 5) is 9.20. The molecule has 0 bridgehead atoms. The average Bonchev–Trinajstić information content (AvgIpc) is 2.93. The van der Waals surface area contributed by atoms with Crippen LogP contribution in [0.5, 0.6) is 0 Å². The summed E-state index contributed by atoms with van der Waals surface area (Å²) in [5, 5.41) is 8.99. The second-order valence-electron chi connectivity index (χ2n) is 4.10. The zero-order chi connectivity index (χ0) is 13.2. The highest BCUT2D eigenvalue weighted by Crippen LogP contribution is 2.28. The smallest absolute Gasteiger partial charge is 0.162 e.